The number of hydrazine groups is 1. The Morgan fingerprint density at radius 3 is 2.63 bits per heavy atom. The number of nitrogen functional groups attached to an aromatic ring is 1. The third-order valence-corrected chi connectivity index (χ3v) is 2.79. The molecule has 0 aliphatic rings. The van der Waals surface area contributed by atoms with Crippen molar-refractivity contribution in [1.29, 1.82) is 0 Å². The van der Waals surface area contributed by atoms with Gasteiger partial charge in [0.1, 0.15) is 5.69 Å². The van der Waals surface area contributed by atoms with E-state index in [9.17, 15) is 4.79 Å². The number of aromatic nitrogens is 2. The zero-order valence-electron chi connectivity index (χ0n) is 10.8. The van der Waals surface area contributed by atoms with Crippen LogP contribution in [0.15, 0.2) is 30.3 Å². The highest BCUT2D eigenvalue weighted by Gasteiger charge is 2.17. The molecule has 0 unspecified atom stereocenters. The van der Waals surface area contributed by atoms with Crippen LogP contribution in [0, 0.1) is 18.8 Å². The molecule has 0 atom stereocenters. The topological polar surface area (TPSA) is 72.9 Å². The lowest BCUT2D eigenvalue weighted by molar-refractivity contribution is 0.0952. The number of aryl methyl sites for hydroxylation is 1. The van der Waals surface area contributed by atoms with Crippen molar-refractivity contribution in [3.8, 4) is 11.8 Å². The molecule has 0 aliphatic heterocycles. The van der Waals surface area contributed by atoms with Crippen molar-refractivity contribution in [2.45, 2.75) is 6.92 Å². The number of amides is 1. The van der Waals surface area contributed by atoms with E-state index in [4.69, 9.17) is 5.84 Å². The Balaban J connectivity index is 2.44. The van der Waals surface area contributed by atoms with Crippen molar-refractivity contribution in [2.24, 2.45) is 12.9 Å². The van der Waals surface area contributed by atoms with Gasteiger partial charge >= 0.3 is 0 Å². The molecule has 0 spiro atoms. The standard InChI is InChI=1S/C14H14N4O/c1-10-13(14(19)16-15)12(17-18(10)2)9-8-11-6-4-3-5-7-11/h3-7H,15H2,1-2H3,(H,16,19). The molecule has 1 heterocycles. The minimum absolute atomic E-state index is 0.386. The highest BCUT2D eigenvalue weighted by atomic mass is 16.2. The predicted octanol–water partition coefficient (Wildman–Crippen LogP) is 0.732. The van der Waals surface area contributed by atoms with Gasteiger partial charge in [0.25, 0.3) is 5.91 Å². The molecule has 5 nitrogen and oxygen atoms in total. The summed E-state index contributed by atoms with van der Waals surface area (Å²) in [6, 6.07) is 9.52. The zero-order valence-corrected chi connectivity index (χ0v) is 10.8. The summed E-state index contributed by atoms with van der Waals surface area (Å²) in [7, 11) is 1.76. The minimum atomic E-state index is -0.386. The molecule has 0 bridgehead atoms. The lowest BCUT2D eigenvalue weighted by atomic mass is 10.1. The molecule has 0 saturated heterocycles. The van der Waals surface area contributed by atoms with E-state index in [-0.39, 0.29) is 5.91 Å². The third-order valence-electron chi connectivity index (χ3n) is 2.79. The van der Waals surface area contributed by atoms with Crippen LogP contribution in [0.3, 0.4) is 0 Å². The highest BCUT2D eigenvalue weighted by Crippen LogP contribution is 2.11. The van der Waals surface area contributed by atoms with Gasteiger partial charge in [0.05, 0.1) is 5.56 Å². The van der Waals surface area contributed by atoms with Crippen LogP contribution in [0.5, 0.6) is 0 Å². The molecule has 1 aromatic heterocycles. The fraction of sp³-hybridized carbons (Fsp3) is 0.143. The minimum Gasteiger partial charge on any atom is -0.290 e. The van der Waals surface area contributed by atoms with E-state index in [2.05, 4.69) is 22.4 Å². The summed E-state index contributed by atoms with van der Waals surface area (Å²) in [4.78, 5) is 11.7. The van der Waals surface area contributed by atoms with E-state index in [1.54, 1.807) is 18.7 Å². The van der Waals surface area contributed by atoms with E-state index < -0.39 is 0 Å². The highest BCUT2D eigenvalue weighted by molar-refractivity contribution is 5.97. The second kappa shape index (κ2) is 5.38. The third kappa shape index (κ3) is 2.64. The molecule has 2 aromatic rings. The number of nitrogens with one attached hydrogen (secondary N) is 1. The van der Waals surface area contributed by atoms with Gasteiger partial charge in [0, 0.05) is 18.3 Å². The van der Waals surface area contributed by atoms with Crippen molar-refractivity contribution in [1.82, 2.24) is 15.2 Å². The van der Waals surface area contributed by atoms with Crippen LogP contribution in [0.25, 0.3) is 0 Å². The van der Waals surface area contributed by atoms with Gasteiger partial charge in [-0.2, -0.15) is 5.10 Å². The first-order chi connectivity index (χ1) is 9.13. The van der Waals surface area contributed by atoms with Crippen molar-refractivity contribution in [3.63, 3.8) is 0 Å². The first kappa shape index (κ1) is 12.9. The number of nitrogens with zero attached hydrogens (tertiary/aromatic N) is 2. The Morgan fingerprint density at radius 1 is 1.32 bits per heavy atom. The van der Waals surface area contributed by atoms with Gasteiger partial charge in [-0.05, 0) is 25.0 Å². The van der Waals surface area contributed by atoms with Crippen LogP contribution >= 0.6 is 0 Å². The maximum Gasteiger partial charge on any atom is 0.269 e. The van der Waals surface area contributed by atoms with Crippen LogP contribution in [-0.4, -0.2) is 15.7 Å². The number of hydrogen-bond acceptors (Lipinski definition) is 3. The van der Waals surface area contributed by atoms with E-state index in [0.29, 0.717) is 11.3 Å². The molecule has 3 N–H and O–H groups in total. The van der Waals surface area contributed by atoms with Crippen molar-refractivity contribution < 1.29 is 4.79 Å². The first-order valence-electron chi connectivity index (χ1n) is 5.75. The van der Waals surface area contributed by atoms with Crippen molar-refractivity contribution in [2.75, 3.05) is 0 Å². The largest absolute Gasteiger partial charge is 0.290 e. The Labute approximate surface area is 111 Å². The number of benzene rings is 1. The normalized spacial score (nSPS) is 9.63. The summed E-state index contributed by atoms with van der Waals surface area (Å²) >= 11 is 0. The van der Waals surface area contributed by atoms with Crippen LogP contribution in [0.4, 0.5) is 0 Å². The lowest BCUT2D eigenvalue weighted by Crippen LogP contribution is -2.30. The summed E-state index contributed by atoms with van der Waals surface area (Å²) in [6.07, 6.45) is 0. The van der Waals surface area contributed by atoms with Gasteiger partial charge < -0.3 is 0 Å². The molecule has 0 aliphatic carbocycles. The molecule has 2 rings (SSSR count). The smallest absolute Gasteiger partial charge is 0.269 e. The SMILES string of the molecule is Cc1c(C(=O)NN)c(C#Cc2ccccc2)nn1C. The number of nitrogens with two attached hydrogens (primary N) is 1. The summed E-state index contributed by atoms with van der Waals surface area (Å²) in [5.41, 5.74) is 4.54. The van der Waals surface area contributed by atoms with Gasteiger partial charge in [-0.15, -0.1) is 0 Å². The molecule has 1 aromatic carbocycles. The van der Waals surface area contributed by atoms with E-state index in [1.807, 2.05) is 30.3 Å². The van der Waals surface area contributed by atoms with Crippen LogP contribution in [0.2, 0.25) is 0 Å². The molecule has 0 radical (unpaired) electrons. The molecule has 5 heteroatoms. The van der Waals surface area contributed by atoms with Crippen LogP contribution in [0.1, 0.15) is 27.3 Å². The number of carbonyl (C=O) groups excluding carboxylic acids is 1. The molecule has 0 saturated carbocycles. The fourth-order valence-electron chi connectivity index (χ4n) is 1.69. The second-order valence-corrected chi connectivity index (χ2v) is 4.02. The first-order valence-corrected chi connectivity index (χ1v) is 5.75. The van der Waals surface area contributed by atoms with Gasteiger partial charge in [0.2, 0.25) is 0 Å². The summed E-state index contributed by atoms with van der Waals surface area (Å²) in [5.74, 6) is 10.7. The molecular weight excluding hydrogens is 240 g/mol. The van der Waals surface area contributed by atoms with E-state index >= 15 is 0 Å². The molecular formula is C14H14N4O. The molecule has 1 amide bonds. The van der Waals surface area contributed by atoms with Crippen molar-refractivity contribution >= 4 is 5.91 Å². The Bertz CT molecular complexity index is 662. The molecule has 96 valence electrons. The van der Waals surface area contributed by atoms with Crippen LogP contribution in [-0.2, 0) is 7.05 Å². The summed E-state index contributed by atoms with van der Waals surface area (Å²) < 4.78 is 1.61. The van der Waals surface area contributed by atoms with Crippen LogP contribution < -0.4 is 11.3 Å². The summed E-state index contributed by atoms with van der Waals surface area (Å²) in [6.45, 7) is 1.80. The average Bonchev–Trinajstić information content (AvgIpc) is 2.72. The predicted molar refractivity (Wildman–Crippen MR) is 72.0 cm³/mol. The quantitative estimate of drug-likeness (QED) is 0.341. The van der Waals surface area contributed by atoms with Crippen molar-refractivity contribution in [3.05, 3.63) is 52.8 Å². The van der Waals surface area contributed by atoms with E-state index in [0.717, 1.165) is 11.3 Å². The number of rotatable bonds is 1. The Kier molecular flexibility index (Phi) is 3.64. The zero-order chi connectivity index (χ0) is 13.8. The molecule has 19 heavy (non-hydrogen) atoms. The maximum atomic E-state index is 11.7. The van der Waals surface area contributed by atoms with E-state index in [1.165, 1.54) is 0 Å². The molecule has 0 fully saturated rings. The fourth-order valence-corrected chi connectivity index (χ4v) is 1.69. The maximum absolute atomic E-state index is 11.7. The van der Waals surface area contributed by atoms with Gasteiger partial charge in [-0.3, -0.25) is 14.9 Å². The average molecular weight is 254 g/mol. The Hall–Kier alpha value is -2.58. The monoisotopic (exact) mass is 254 g/mol. The number of hydrogen-bond donors (Lipinski definition) is 2. The lowest BCUT2D eigenvalue weighted by Gasteiger charge is -1.98. The summed E-state index contributed by atoms with van der Waals surface area (Å²) in [5, 5.41) is 4.22. The van der Waals surface area contributed by atoms with Gasteiger partial charge in [0.15, 0.2) is 0 Å². The second-order valence-electron chi connectivity index (χ2n) is 4.02. The number of carbonyl (C=O) groups is 1. The Morgan fingerprint density at radius 2 is 2.00 bits per heavy atom. The van der Waals surface area contributed by atoms with Gasteiger partial charge in [-0.25, -0.2) is 5.84 Å². The van der Waals surface area contributed by atoms with Gasteiger partial charge in [-0.1, -0.05) is 24.1 Å².